The molecule has 1 aromatic rings. The number of rotatable bonds is 9. The van der Waals surface area contributed by atoms with Gasteiger partial charge in [-0.2, -0.15) is 0 Å². The summed E-state index contributed by atoms with van der Waals surface area (Å²) >= 11 is 0. The monoisotopic (exact) mass is 335 g/mol. The quantitative estimate of drug-likeness (QED) is 0.557. The van der Waals surface area contributed by atoms with Crippen LogP contribution in [0.4, 0.5) is 10.5 Å². The van der Waals surface area contributed by atoms with Crippen molar-refractivity contribution < 1.29 is 14.3 Å². The number of benzene rings is 1. The molecule has 0 aliphatic carbocycles. The second-order valence-electron chi connectivity index (χ2n) is 5.81. The van der Waals surface area contributed by atoms with Crippen molar-refractivity contribution in [1.82, 2.24) is 10.2 Å². The van der Waals surface area contributed by atoms with E-state index >= 15 is 0 Å². The maximum atomic E-state index is 12.5. The number of likely N-dealkylation sites (N-methyl/N-ethyl adjacent to an activating group) is 1. The van der Waals surface area contributed by atoms with Crippen LogP contribution in [-0.2, 0) is 4.74 Å². The Morgan fingerprint density at radius 1 is 1.08 bits per heavy atom. The fraction of sp³-hybridized carbons (Fsp3) is 0.556. The summed E-state index contributed by atoms with van der Waals surface area (Å²) in [5, 5.41) is 2.94. The number of hydrogen-bond donors (Lipinski definition) is 1. The normalized spacial score (nSPS) is 10.5. The Labute approximate surface area is 144 Å². The molecule has 0 unspecified atom stereocenters. The number of unbranched alkanes of at least 4 members (excludes halogenated alkanes) is 1. The van der Waals surface area contributed by atoms with Crippen LogP contribution in [0.2, 0.25) is 0 Å². The van der Waals surface area contributed by atoms with Crippen LogP contribution in [0.25, 0.3) is 0 Å². The SMILES string of the molecule is CCCCNC(=O)N(CCN(C)C)c1ccc(C(=O)OCC)cc1. The Morgan fingerprint density at radius 2 is 1.75 bits per heavy atom. The number of amides is 2. The van der Waals surface area contributed by atoms with Crippen molar-refractivity contribution in [3.05, 3.63) is 29.8 Å². The van der Waals surface area contributed by atoms with Crippen molar-refractivity contribution in [2.24, 2.45) is 0 Å². The van der Waals surface area contributed by atoms with E-state index in [1.165, 1.54) is 0 Å². The summed E-state index contributed by atoms with van der Waals surface area (Å²) in [7, 11) is 3.94. The highest BCUT2D eigenvalue weighted by molar-refractivity contribution is 5.94. The van der Waals surface area contributed by atoms with Crippen LogP contribution in [0.1, 0.15) is 37.0 Å². The van der Waals surface area contributed by atoms with Gasteiger partial charge in [0.15, 0.2) is 0 Å². The molecule has 0 heterocycles. The zero-order chi connectivity index (χ0) is 17.9. The molecule has 6 nitrogen and oxygen atoms in total. The highest BCUT2D eigenvalue weighted by Gasteiger charge is 2.16. The lowest BCUT2D eigenvalue weighted by atomic mass is 10.2. The van der Waals surface area contributed by atoms with Crippen molar-refractivity contribution in [2.75, 3.05) is 45.2 Å². The summed E-state index contributed by atoms with van der Waals surface area (Å²) in [6.07, 6.45) is 1.99. The predicted molar refractivity (Wildman–Crippen MR) is 96.6 cm³/mol. The van der Waals surface area contributed by atoms with Crippen LogP contribution in [0.5, 0.6) is 0 Å². The topological polar surface area (TPSA) is 61.9 Å². The fourth-order valence-electron chi connectivity index (χ4n) is 2.11. The van der Waals surface area contributed by atoms with E-state index in [0.29, 0.717) is 25.3 Å². The molecule has 0 bridgehead atoms. The van der Waals surface area contributed by atoms with E-state index < -0.39 is 0 Å². The molecule has 0 saturated heterocycles. The van der Waals surface area contributed by atoms with E-state index in [9.17, 15) is 9.59 Å². The van der Waals surface area contributed by atoms with Crippen molar-refractivity contribution in [3.8, 4) is 0 Å². The molecular weight excluding hydrogens is 306 g/mol. The molecule has 1 aromatic carbocycles. The zero-order valence-corrected chi connectivity index (χ0v) is 15.2. The van der Waals surface area contributed by atoms with E-state index in [-0.39, 0.29) is 12.0 Å². The van der Waals surface area contributed by atoms with Gasteiger partial charge in [-0.3, -0.25) is 4.90 Å². The smallest absolute Gasteiger partial charge is 0.338 e. The van der Waals surface area contributed by atoms with Gasteiger partial charge < -0.3 is 15.0 Å². The molecule has 2 amide bonds. The van der Waals surface area contributed by atoms with Gasteiger partial charge in [0.2, 0.25) is 0 Å². The number of ether oxygens (including phenoxy) is 1. The Balaban J connectivity index is 2.84. The summed E-state index contributed by atoms with van der Waals surface area (Å²) in [4.78, 5) is 27.9. The first kappa shape index (κ1) is 20.0. The molecular formula is C18H29N3O3. The first-order valence-corrected chi connectivity index (χ1v) is 8.46. The van der Waals surface area contributed by atoms with Crippen LogP contribution < -0.4 is 10.2 Å². The summed E-state index contributed by atoms with van der Waals surface area (Å²) in [5.41, 5.74) is 1.25. The number of hydrogen-bond acceptors (Lipinski definition) is 4. The van der Waals surface area contributed by atoms with Gasteiger partial charge in [-0.15, -0.1) is 0 Å². The van der Waals surface area contributed by atoms with Crippen LogP contribution >= 0.6 is 0 Å². The van der Waals surface area contributed by atoms with Gasteiger partial charge in [0, 0.05) is 25.3 Å². The second kappa shape index (κ2) is 10.6. The second-order valence-corrected chi connectivity index (χ2v) is 5.81. The number of carbonyl (C=O) groups is 2. The van der Waals surface area contributed by atoms with Crippen LogP contribution in [0, 0.1) is 0 Å². The van der Waals surface area contributed by atoms with Crippen LogP contribution in [0.3, 0.4) is 0 Å². The summed E-state index contributed by atoms with van der Waals surface area (Å²) in [5.74, 6) is -0.351. The Morgan fingerprint density at radius 3 is 2.29 bits per heavy atom. The first-order valence-electron chi connectivity index (χ1n) is 8.46. The van der Waals surface area contributed by atoms with E-state index in [2.05, 4.69) is 12.2 Å². The number of esters is 1. The molecule has 0 aliphatic heterocycles. The highest BCUT2D eigenvalue weighted by Crippen LogP contribution is 2.16. The molecule has 0 fully saturated rings. The number of nitrogens with zero attached hydrogens (tertiary/aromatic N) is 2. The molecule has 1 rings (SSSR count). The van der Waals surface area contributed by atoms with Gasteiger partial charge in [0.05, 0.1) is 12.2 Å². The van der Waals surface area contributed by atoms with Crippen LogP contribution in [0.15, 0.2) is 24.3 Å². The average molecular weight is 335 g/mol. The molecule has 6 heteroatoms. The van der Waals surface area contributed by atoms with Crippen molar-refractivity contribution >= 4 is 17.7 Å². The van der Waals surface area contributed by atoms with Gasteiger partial charge >= 0.3 is 12.0 Å². The zero-order valence-electron chi connectivity index (χ0n) is 15.2. The number of carbonyl (C=O) groups excluding carboxylic acids is 2. The van der Waals surface area contributed by atoms with Gasteiger partial charge in [-0.05, 0) is 51.7 Å². The first-order chi connectivity index (χ1) is 11.5. The lowest BCUT2D eigenvalue weighted by molar-refractivity contribution is 0.0526. The molecule has 0 radical (unpaired) electrons. The van der Waals surface area contributed by atoms with Crippen LogP contribution in [-0.4, -0.2) is 57.2 Å². The lowest BCUT2D eigenvalue weighted by Gasteiger charge is -2.25. The minimum atomic E-state index is -0.351. The van der Waals surface area contributed by atoms with Gasteiger partial charge in [-0.25, -0.2) is 9.59 Å². The Bertz CT molecular complexity index is 515. The summed E-state index contributed by atoms with van der Waals surface area (Å²) < 4.78 is 4.98. The molecule has 0 atom stereocenters. The van der Waals surface area contributed by atoms with Gasteiger partial charge in [-0.1, -0.05) is 13.3 Å². The summed E-state index contributed by atoms with van der Waals surface area (Å²) in [6.45, 7) is 6.19. The third kappa shape index (κ3) is 6.58. The van der Waals surface area contributed by atoms with Crippen molar-refractivity contribution in [1.29, 1.82) is 0 Å². The third-order valence-electron chi connectivity index (χ3n) is 3.51. The molecule has 0 aromatic heterocycles. The Kier molecular flexibility index (Phi) is 8.86. The predicted octanol–water partition coefficient (Wildman–Crippen LogP) is 2.74. The van der Waals surface area contributed by atoms with E-state index in [0.717, 1.165) is 25.1 Å². The molecule has 134 valence electrons. The Hall–Kier alpha value is -2.08. The van der Waals surface area contributed by atoms with Gasteiger partial charge in [0.1, 0.15) is 0 Å². The minimum Gasteiger partial charge on any atom is -0.462 e. The molecule has 0 spiro atoms. The minimum absolute atomic E-state index is 0.116. The molecule has 0 aliphatic rings. The maximum absolute atomic E-state index is 12.5. The fourth-order valence-corrected chi connectivity index (χ4v) is 2.11. The largest absolute Gasteiger partial charge is 0.462 e. The number of urea groups is 1. The molecule has 24 heavy (non-hydrogen) atoms. The summed E-state index contributed by atoms with van der Waals surface area (Å²) in [6, 6.07) is 6.82. The standard InChI is InChI=1S/C18H29N3O3/c1-5-7-12-19-18(23)21(14-13-20(3)4)16-10-8-15(9-11-16)17(22)24-6-2/h8-11H,5-7,12-14H2,1-4H3,(H,19,23). The van der Waals surface area contributed by atoms with E-state index in [1.54, 1.807) is 36.1 Å². The van der Waals surface area contributed by atoms with E-state index in [4.69, 9.17) is 4.74 Å². The van der Waals surface area contributed by atoms with E-state index in [1.807, 2.05) is 19.0 Å². The number of nitrogens with one attached hydrogen (secondary N) is 1. The third-order valence-corrected chi connectivity index (χ3v) is 3.51. The molecule has 1 N–H and O–H groups in total. The maximum Gasteiger partial charge on any atom is 0.338 e. The number of anilines is 1. The van der Waals surface area contributed by atoms with Gasteiger partial charge in [0.25, 0.3) is 0 Å². The van der Waals surface area contributed by atoms with Crippen molar-refractivity contribution in [2.45, 2.75) is 26.7 Å². The molecule has 0 saturated carbocycles. The lowest BCUT2D eigenvalue weighted by Crippen LogP contribution is -2.43. The average Bonchev–Trinajstić information content (AvgIpc) is 2.56. The van der Waals surface area contributed by atoms with Crippen molar-refractivity contribution in [3.63, 3.8) is 0 Å². The highest BCUT2D eigenvalue weighted by atomic mass is 16.5.